The summed E-state index contributed by atoms with van der Waals surface area (Å²) in [5.74, 6) is 1.66. The van der Waals surface area contributed by atoms with Crippen LogP contribution in [0.2, 0.25) is 0 Å². The van der Waals surface area contributed by atoms with Crippen LogP contribution in [0.5, 0.6) is 5.75 Å². The number of likely N-dealkylation sites (N-methyl/N-ethyl adjacent to an activating group) is 1. The zero-order chi connectivity index (χ0) is 21.8. The molecule has 0 saturated heterocycles. The summed E-state index contributed by atoms with van der Waals surface area (Å²) in [6.45, 7) is 1.02. The average molecular weight is 415 g/mol. The Bertz CT molecular complexity index is 1150. The predicted octanol–water partition coefficient (Wildman–Crippen LogP) is 3.90. The Morgan fingerprint density at radius 3 is 2.42 bits per heavy atom. The van der Waals surface area contributed by atoms with Crippen molar-refractivity contribution in [1.82, 2.24) is 24.8 Å². The third-order valence-corrected chi connectivity index (χ3v) is 5.12. The van der Waals surface area contributed by atoms with Crippen LogP contribution in [-0.2, 0) is 6.42 Å². The van der Waals surface area contributed by atoms with Crippen LogP contribution >= 0.6 is 0 Å². The van der Waals surface area contributed by atoms with E-state index in [9.17, 15) is 0 Å². The fraction of sp³-hybridized carbons (Fsp3) is 0.208. The van der Waals surface area contributed by atoms with Crippen LogP contribution in [0.1, 0.15) is 5.56 Å². The van der Waals surface area contributed by atoms with Crippen LogP contribution in [0, 0.1) is 0 Å². The Hall–Kier alpha value is -3.71. The van der Waals surface area contributed by atoms with Gasteiger partial charge in [-0.1, -0.05) is 24.3 Å². The molecule has 0 aliphatic rings. The number of aromatic nitrogens is 4. The van der Waals surface area contributed by atoms with E-state index in [-0.39, 0.29) is 0 Å². The predicted molar refractivity (Wildman–Crippen MR) is 124 cm³/mol. The molecule has 0 aliphatic carbocycles. The van der Waals surface area contributed by atoms with E-state index in [1.807, 2.05) is 18.2 Å². The van der Waals surface area contributed by atoms with Crippen molar-refractivity contribution in [3.63, 3.8) is 0 Å². The van der Waals surface area contributed by atoms with E-state index in [1.165, 1.54) is 5.56 Å². The summed E-state index contributed by atoms with van der Waals surface area (Å²) in [7, 11) is 5.75. The van der Waals surface area contributed by atoms with E-state index in [4.69, 9.17) is 15.5 Å². The van der Waals surface area contributed by atoms with E-state index in [0.29, 0.717) is 11.6 Å². The molecule has 0 radical (unpaired) electrons. The van der Waals surface area contributed by atoms with Gasteiger partial charge in [-0.3, -0.25) is 4.98 Å². The van der Waals surface area contributed by atoms with E-state index in [0.717, 1.165) is 46.9 Å². The van der Waals surface area contributed by atoms with Gasteiger partial charge in [0.05, 0.1) is 18.5 Å². The summed E-state index contributed by atoms with van der Waals surface area (Å²) in [6, 6.07) is 14.3. The molecule has 31 heavy (non-hydrogen) atoms. The highest BCUT2D eigenvalue weighted by atomic mass is 16.5. The molecule has 0 spiro atoms. The summed E-state index contributed by atoms with van der Waals surface area (Å²) >= 11 is 0. The van der Waals surface area contributed by atoms with Crippen molar-refractivity contribution in [2.45, 2.75) is 6.42 Å². The summed E-state index contributed by atoms with van der Waals surface area (Å²) in [4.78, 5) is 19.0. The highest BCUT2D eigenvalue weighted by molar-refractivity contribution is 5.81. The van der Waals surface area contributed by atoms with E-state index >= 15 is 0 Å². The van der Waals surface area contributed by atoms with E-state index < -0.39 is 0 Å². The van der Waals surface area contributed by atoms with Crippen molar-refractivity contribution in [2.75, 3.05) is 33.5 Å². The molecule has 0 unspecified atom stereocenters. The number of nitrogens with one attached hydrogen (secondary N) is 1. The molecule has 0 amide bonds. The Morgan fingerprint density at radius 2 is 1.74 bits per heavy atom. The zero-order valence-corrected chi connectivity index (χ0v) is 18.0. The summed E-state index contributed by atoms with van der Waals surface area (Å²) < 4.78 is 5.36. The number of benzene rings is 1. The van der Waals surface area contributed by atoms with E-state index in [1.54, 1.807) is 25.7 Å². The van der Waals surface area contributed by atoms with E-state index in [2.05, 4.69) is 58.2 Å². The molecule has 7 heteroatoms. The number of H-pyrrole nitrogens is 1. The number of pyridine rings is 2. The average Bonchev–Trinajstić information content (AvgIpc) is 3.24. The summed E-state index contributed by atoms with van der Waals surface area (Å²) in [5, 5.41) is 0. The van der Waals surface area contributed by atoms with Gasteiger partial charge in [-0.25, -0.2) is 9.97 Å². The molecule has 4 rings (SSSR count). The summed E-state index contributed by atoms with van der Waals surface area (Å²) in [6.07, 6.45) is 6.25. The van der Waals surface area contributed by atoms with Crippen molar-refractivity contribution in [2.24, 2.45) is 0 Å². The molecule has 0 aliphatic heterocycles. The van der Waals surface area contributed by atoms with Crippen molar-refractivity contribution in [1.29, 1.82) is 0 Å². The molecule has 0 saturated carbocycles. The number of methoxy groups -OCH3 is 1. The molecular weight excluding hydrogens is 388 g/mol. The molecular formula is C24H26N6O. The van der Waals surface area contributed by atoms with Crippen LogP contribution in [0.3, 0.4) is 0 Å². The van der Waals surface area contributed by atoms with Gasteiger partial charge in [-0.2, -0.15) is 0 Å². The van der Waals surface area contributed by atoms with Gasteiger partial charge in [0, 0.05) is 41.8 Å². The lowest BCUT2D eigenvalue weighted by Gasteiger charge is -2.09. The molecule has 4 aromatic rings. The molecule has 0 fully saturated rings. The number of aromatic amines is 1. The quantitative estimate of drug-likeness (QED) is 0.476. The molecule has 3 aromatic heterocycles. The first kappa shape index (κ1) is 20.6. The fourth-order valence-corrected chi connectivity index (χ4v) is 3.38. The fourth-order valence-electron chi connectivity index (χ4n) is 3.38. The Labute approximate surface area is 182 Å². The van der Waals surface area contributed by atoms with Gasteiger partial charge >= 0.3 is 0 Å². The number of nitrogens with zero attached hydrogens (tertiary/aromatic N) is 4. The molecule has 0 atom stereocenters. The number of rotatable bonds is 7. The lowest BCUT2D eigenvalue weighted by Crippen LogP contribution is -2.14. The number of hydrogen-bond acceptors (Lipinski definition) is 6. The first-order valence-electron chi connectivity index (χ1n) is 10.1. The van der Waals surface area contributed by atoms with Crippen LogP contribution in [-0.4, -0.2) is 52.6 Å². The minimum Gasteiger partial charge on any atom is -0.493 e. The second-order valence-corrected chi connectivity index (χ2v) is 7.61. The topological polar surface area (TPSA) is 93.0 Å². The SMILES string of the molecule is COc1cc(-c2nc(-c3ccc(CCN(C)C)cc3)[nH]c2-c2ccncc2)cnc1N. The summed E-state index contributed by atoms with van der Waals surface area (Å²) in [5.41, 5.74) is 11.7. The van der Waals surface area contributed by atoms with Gasteiger partial charge in [0.15, 0.2) is 11.6 Å². The van der Waals surface area contributed by atoms with Crippen molar-refractivity contribution in [3.05, 3.63) is 66.6 Å². The minimum absolute atomic E-state index is 0.348. The molecule has 3 N–H and O–H groups in total. The van der Waals surface area contributed by atoms with Gasteiger partial charge in [-0.15, -0.1) is 0 Å². The van der Waals surface area contributed by atoms with Gasteiger partial charge in [0.25, 0.3) is 0 Å². The number of imidazole rings is 1. The maximum atomic E-state index is 5.91. The number of hydrogen-bond donors (Lipinski definition) is 2. The highest BCUT2D eigenvalue weighted by Gasteiger charge is 2.17. The second-order valence-electron chi connectivity index (χ2n) is 7.61. The maximum absolute atomic E-state index is 5.91. The maximum Gasteiger partial charge on any atom is 0.166 e. The first-order chi connectivity index (χ1) is 15.0. The van der Waals surface area contributed by atoms with Crippen LogP contribution in [0.4, 0.5) is 5.82 Å². The molecule has 0 bridgehead atoms. The third-order valence-electron chi connectivity index (χ3n) is 5.12. The smallest absolute Gasteiger partial charge is 0.166 e. The van der Waals surface area contributed by atoms with Gasteiger partial charge in [0.1, 0.15) is 5.82 Å². The standard InChI is InChI=1S/C24H26N6O/c1-30(2)13-10-16-4-6-18(7-5-16)24-28-21(17-8-11-26-12-9-17)22(29-24)19-14-20(31-3)23(25)27-15-19/h4-9,11-12,14-15H,10,13H2,1-3H3,(H2,25,27)(H,28,29). The monoisotopic (exact) mass is 414 g/mol. The van der Waals surface area contributed by atoms with Crippen molar-refractivity contribution < 1.29 is 4.74 Å². The number of ether oxygens (including phenoxy) is 1. The number of nitrogens with two attached hydrogens (primary N) is 1. The Balaban J connectivity index is 1.75. The molecule has 7 nitrogen and oxygen atoms in total. The first-order valence-corrected chi connectivity index (χ1v) is 10.1. The van der Waals surface area contributed by atoms with Gasteiger partial charge in [-0.05, 0) is 44.3 Å². The zero-order valence-electron chi connectivity index (χ0n) is 18.0. The lowest BCUT2D eigenvalue weighted by molar-refractivity contribution is 0.413. The van der Waals surface area contributed by atoms with Crippen LogP contribution < -0.4 is 10.5 Å². The number of anilines is 1. The highest BCUT2D eigenvalue weighted by Crippen LogP contribution is 2.35. The molecule has 1 aromatic carbocycles. The molecule has 3 heterocycles. The number of nitrogen functional groups attached to an aromatic ring is 1. The van der Waals surface area contributed by atoms with Gasteiger partial charge in [0.2, 0.25) is 0 Å². The van der Waals surface area contributed by atoms with Crippen LogP contribution in [0.15, 0.2) is 61.1 Å². The Morgan fingerprint density at radius 1 is 1.00 bits per heavy atom. The Kier molecular flexibility index (Phi) is 5.95. The normalized spacial score (nSPS) is 11.1. The largest absolute Gasteiger partial charge is 0.493 e. The minimum atomic E-state index is 0.348. The molecule has 158 valence electrons. The van der Waals surface area contributed by atoms with Crippen molar-refractivity contribution in [3.8, 4) is 39.7 Å². The van der Waals surface area contributed by atoms with Gasteiger partial charge < -0.3 is 20.4 Å². The third kappa shape index (κ3) is 4.57. The lowest BCUT2D eigenvalue weighted by atomic mass is 10.1. The van der Waals surface area contributed by atoms with Crippen molar-refractivity contribution >= 4 is 5.82 Å². The van der Waals surface area contributed by atoms with Crippen LogP contribution in [0.25, 0.3) is 33.9 Å². The second kappa shape index (κ2) is 8.97.